The first-order valence-corrected chi connectivity index (χ1v) is 10.8. The van der Waals surface area contributed by atoms with Gasteiger partial charge >= 0.3 is 0 Å². The van der Waals surface area contributed by atoms with Crippen molar-refractivity contribution < 1.29 is 9.32 Å². The van der Waals surface area contributed by atoms with E-state index in [9.17, 15) is 4.79 Å². The Labute approximate surface area is 183 Å². The van der Waals surface area contributed by atoms with Crippen molar-refractivity contribution in [2.24, 2.45) is 0 Å². The predicted molar refractivity (Wildman–Crippen MR) is 121 cm³/mol. The highest BCUT2D eigenvalue weighted by Gasteiger charge is 2.21. The van der Waals surface area contributed by atoms with Crippen molar-refractivity contribution in [3.63, 3.8) is 0 Å². The lowest BCUT2D eigenvalue weighted by Crippen LogP contribution is -2.48. The molecule has 0 saturated carbocycles. The Bertz CT molecular complexity index is 990. The van der Waals surface area contributed by atoms with Crippen LogP contribution in [0.2, 0.25) is 0 Å². The van der Waals surface area contributed by atoms with Crippen LogP contribution in [0.1, 0.15) is 23.9 Å². The van der Waals surface area contributed by atoms with Crippen LogP contribution in [-0.4, -0.2) is 58.6 Å². The highest BCUT2D eigenvalue weighted by Crippen LogP contribution is 2.18. The summed E-state index contributed by atoms with van der Waals surface area (Å²) in [5, 5.41) is 7.10. The summed E-state index contributed by atoms with van der Waals surface area (Å²) in [4.78, 5) is 21.3. The fraction of sp³-hybridized carbons (Fsp3) is 0.375. The summed E-state index contributed by atoms with van der Waals surface area (Å²) in [6.07, 6.45) is 1.01. The lowest BCUT2D eigenvalue weighted by Gasteiger charge is -2.33. The van der Waals surface area contributed by atoms with Gasteiger partial charge in [0.25, 0.3) is 0 Å². The number of aromatic nitrogens is 2. The average Bonchev–Trinajstić information content (AvgIpc) is 3.25. The summed E-state index contributed by atoms with van der Waals surface area (Å²) in [6.45, 7) is 8.59. The summed E-state index contributed by atoms with van der Waals surface area (Å²) in [5.41, 5.74) is 4.28. The number of amides is 1. The molecule has 1 amide bonds. The minimum absolute atomic E-state index is 0.0212. The van der Waals surface area contributed by atoms with Crippen LogP contribution in [0, 0.1) is 6.92 Å². The molecular weight excluding hydrogens is 390 g/mol. The molecule has 2 aromatic carbocycles. The molecule has 0 bridgehead atoms. The lowest BCUT2D eigenvalue weighted by atomic mass is 10.1. The molecule has 1 aliphatic rings. The zero-order valence-corrected chi connectivity index (χ0v) is 18.2. The minimum Gasteiger partial charge on any atom is -0.338 e. The van der Waals surface area contributed by atoms with Crippen molar-refractivity contribution >= 4 is 11.6 Å². The second-order valence-corrected chi connectivity index (χ2v) is 8.03. The first kappa shape index (κ1) is 21.2. The zero-order chi connectivity index (χ0) is 21.6. The van der Waals surface area contributed by atoms with Gasteiger partial charge in [-0.3, -0.25) is 14.6 Å². The zero-order valence-electron chi connectivity index (χ0n) is 18.2. The third-order valence-corrected chi connectivity index (χ3v) is 5.61. The summed E-state index contributed by atoms with van der Waals surface area (Å²) in [5.74, 6) is 1.28. The second kappa shape index (κ2) is 9.85. The topological polar surface area (TPSA) is 74.5 Å². The molecule has 1 aliphatic heterocycles. The summed E-state index contributed by atoms with van der Waals surface area (Å²) in [7, 11) is 0. The third-order valence-electron chi connectivity index (χ3n) is 5.61. The van der Waals surface area contributed by atoms with Crippen LogP contribution >= 0.6 is 0 Å². The van der Waals surface area contributed by atoms with Crippen LogP contribution in [0.3, 0.4) is 0 Å². The highest BCUT2D eigenvalue weighted by molar-refractivity contribution is 5.92. The number of hydrogen-bond acceptors (Lipinski definition) is 6. The molecule has 0 spiro atoms. The van der Waals surface area contributed by atoms with Crippen molar-refractivity contribution in [3.05, 3.63) is 65.5 Å². The van der Waals surface area contributed by atoms with Gasteiger partial charge in [-0.05, 0) is 31.0 Å². The fourth-order valence-corrected chi connectivity index (χ4v) is 3.66. The van der Waals surface area contributed by atoms with Gasteiger partial charge in [0.2, 0.25) is 17.6 Å². The number of piperazine rings is 1. The molecule has 1 fully saturated rings. The van der Waals surface area contributed by atoms with Gasteiger partial charge in [-0.15, -0.1) is 0 Å². The van der Waals surface area contributed by atoms with E-state index in [1.807, 2.05) is 43.3 Å². The van der Waals surface area contributed by atoms with Crippen molar-refractivity contribution in [1.82, 2.24) is 19.9 Å². The lowest BCUT2D eigenvalue weighted by molar-refractivity contribution is -0.117. The number of rotatable bonds is 7. The van der Waals surface area contributed by atoms with Gasteiger partial charge in [-0.25, -0.2) is 0 Å². The first-order chi connectivity index (χ1) is 15.1. The Hall–Kier alpha value is -3.03. The van der Waals surface area contributed by atoms with Crippen LogP contribution in [0.25, 0.3) is 11.4 Å². The molecule has 1 N–H and O–H groups in total. The molecular formula is C24H29N5O2. The molecule has 2 heterocycles. The van der Waals surface area contributed by atoms with E-state index in [0.29, 0.717) is 24.8 Å². The maximum atomic E-state index is 12.3. The molecule has 7 heteroatoms. The predicted octanol–water partition coefficient (Wildman–Crippen LogP) is 3.36. The van der Waals surface area contributed by atoms with E-state index >= 15 is 0 Å². The molecule has 0 unspecified atom stereocenters. The second-order valence-electron chi connectivity index (χ2n) is 8.03. The van der Waals surface area contributed by atoms with Gasteiger partial charge < -0.3 is 9.84 Å². The van der Waals surface area contributed by atoms with Crippen molar-refractivity contribution in [1.29, 1.82) is 0 Å². The molecule has 162 valence electrons. The molecule has 4 rings (SSSR count). The van der Waals surface area contributed by atoms with Crippen LogP contribution in [0.4, 0.5) is 5.69 Å². The number of nitrogens with one attached hydrogen (secondary N) is 1. The minimum atomic E-state index is 0.0212. The molecule has 7 nitrogen and oxygen atoms in total. The average molecular weight is 420 g/mol. The van der Waals surface area contributed by atoms with Gasteiger partial charge in [-0.2, -0.15) is 4.98 Å². The number of carbonyl (C=O) groups is 1. The quantitative estimate of drug-likeness (QED) is 0.633. The number of aryl methyl sites for hydroxylation is 2. The molecule has 0 atom stereocenters. The van der Waals surface area contributed by atoms with Crippen molar-refractivity contribution in [3.8, 4) is 11.4 Å². The summed E-state index contributed by atoms with van der Waals surface area (Å²) < 4.78 is 5.46. The first-order valence-electron chi connectivity index (χ1n) is 10.8. The normalized spacial score (nSPS) is 15.2. The molecule has 3 aromatic rings. The Morgan fingerprint density at radius 3 is 2.35 bits per heavy atom. The number of benzene rings is 2. The van der Waals surface area contributed by atoms with E-state index in [2.05, 4.69) is 44.3 Å². The van der Waals surface area contributed by atoms with Gasteiger partial charge in [0.1, 0.15) is 0 Å². The summed E-state index contributed by atoms with van der Waals surface area (Å²) in [6, 6.07) is 16.1. The number of anilines is 1. The summed E-state index contributed by atoms with van der Waals surface area (Å²) >= 11 is 0. The highest BCUT2D eigenvalue weighted by atomic mass is 16.5. The Morgan fingerprint density at radius 1 is 1.00 bits per heavy atom. The third kappa shape index (κ3) is 5.77. The smallest absolute Gasteiger partial charge is 0.241 e. The molecule has 1 aromatic heterocycles. The van der Waals surface area contributed by atoms with Gasteiger partial charge in [-0.1, -0.05) is 54.0 Å². The maximum Gasteiger partial charge on any atom is 0.241 e. The maximum absolute atomic E-state index is 12.3. The SMILES string of the molecule is CCc1ccc(-c2noc(CN3CCN(CC(=O)Nc4ccc(C)cc4)CC3)n2)cc1. The van der Waals surface area contributed by atoms with Crippen molar-refractivity contribution in [2.75, 3.05) is 38.0 Å². The molecule has 31 heavy (non-hydrogen) atoms. The van der Waals surface area contributed by atoms with E-state index in [1.54, 1.807) is 0 Å². The van der Waals surface area contributed by atoms with E-state index in [-0.39, 0.29) is 5.91 Å². The van der Waals surface area contributed by atoms with Gasteiger partial charge in [0, 0.05) is 37.4 Å². The molecule has 0 radical (unpaired) electrons. The van der Waals surface area contributed by atoms with E-state index in [1.165, 1.54) is 11.1 Å². The van der Waals surface area contributed by atoms with Crippen molar-refractivity contribution in [2.45, 2.75) is 26.8 Å². The molecule has 1 saturated heterocycles. The number of hydrogen-bond donors (Lipinski definition) is 1. The Balaban J connectivity index is 1.23. The van der Waals surface area contributed by atoms with Crippen LogP contribution < -0.4 is 5.32 Å². The van der Waals surface area contributed by atoms with Crippen LogP contribution in [-0.2, 0) is 17.8 Å². The number of nitrogens with zero attached hydrogens (tertiary/aromatic N) is 4. The van der Waals surface area contributed by atoms with E-state index < -0.39 is 0 Å². The Kier molecular flexibility index (Phi) is 6.74. The fourth-order valence-electron chi connectivity index (χ4n) is 3.66. The van der Waals surface area contributed by atoms with Crippen LogP contribution in [0.5, 0.6) is 0 Å². The standard InChI is InChI=1S/C24H29N5O2/c1-3-19-6-8-20(9-7-19)24-26-23(31-27-24)17-29-14-12-28(13-15-29)16-22(30)25-21-10-4-18(2)5-11-21/h4-11H,3,12-17H2,1-2H3,(H,25,30). The van der Waals surface area contributed by atoms with Crippen LogP contribution in [0.15, 0.2) is 53.1 Å². The van der Waals surface area contributed by atoms with Gasteiger partial charge in [0.05, 0.1) is 13.1 Å². The Morgan fingerprint density at radius 2 is 1.68 bits per heavy atom. The van der Waals surface area contributed by atoms with E-state index in [0.717, 1.165) is 43.9 Å². The monoisotopic (exact) mass is 419 g/mol. The van der Waals surface area contributed by atoms with Gasteiger partial charge in [0.15, 0.2) is 0 Å². The largest absolute Gasteiger partial charge is 0.338 e. The molecule has 0 aliphatic carbocycles. The number of carbonyl (C=O) groups excluding carboxylic acids is 1. The van der Waals surface area contributed by atoms with E-state index in [4.69, 9.17) is 4.52 Å².